The lowest BCUT2D eigenvalue weighted by molar-refractivity contribution is -0.124. The molecule has 1 aliphatic carbocycles. The summed E-state index contributed by atoms with van der Waals surface area (Å²) in [6.07, 6.45) is 5.32. The Balaban J connectivity index is 2.59. The first-order chi connectivity index (χ1) is 10.3. The van der Waals surface area contributed by atoms with Crippen molar-refractivity contribution < 1.29 is 9.90 Å². The van der Waals surface area contributed by atoms with Crippen molar-refractivity contribution in [3.8, 4) is 6.07 Å². The first-order valence-electron chi connectivity index (χ1n) is 8.36. The van der Waals surface area contributed by atoms with E-state index in [0.29, 0.717) is 19.5 Å². The van der Waals surface area contributed by atoms with Gasteiger partial charge in [0, 0.05) is 19.7 Å². The average molecular weight is 309 g/mol. The van der Waals surface area contributed by atoms with Crippen LogP contribution in [-0.4, -0.2) is 47.7 Å². The maximum atomic E-state index is 12.4. The Hall–Kier alpha value is -1.12. The minimum Gasteiger partial charge on any atom is -0.396 e. The highest BCUT2D eigenvalue weighted by atomic mass is 16.3. The Kier molecular flexibility index (Phi) is 7.31. The summed E-state index contributed by atoms with van der Waals surface area (Å²) in [4.78, 5) is 14.4. The van der Waals surface area contributed by atoms with Crippen molar-refractivity contribution in [3.63, 3.8) is 0 Å². The molecule has 0 spiro atoms. The van der Waals surface area contributed by atoms with Gasteiger partial charge >= 0.3 is 0 Å². The Morgan fingerprint density at radius 1 is 1.32 bits per heavy atom. The second-order valence-electron chi connectivity index (χ2n) is 7.65. The molecule has 1 fully saturated rings. The van der Waals surface area contributed by atoms with Crippen molar-refractivity contribution in [2.24, 2.45) is 5.41 Å². The largest absolute Gasteiger partial charge is 0.396 e. The number of hydrogen-bond donors (Lipinski definition) is 2. The van der Waals surface area contributed by atoms with Crippen molar-refractivity contribution in [2.75, 3.05) is 26.2 Å². The maximum Gasteiger partial charge on any atom is 0.235 e. The molecule has 5 heteroatoms. The summed E-state index contributed by atoms with van der Waals surface area (Å²) in [6.45, 7) is 8.31. The Labute approximate surface area is 134 Å². The number of aliphatic hydroxyl groups is 1. The molecule has 0 saturated heterocycles. The van der Waals surface area contributed by atoms with Crippen LogP contribution in [0, 0.1) is 16.7 Å². The second-order valence-corrected chi connectivity index (χ2v) is 7.65. The molecule has 0 aromatic rings. The van der Waals surface area contributed by atoms with Gasteiger partial charge < -0.3 is 10.4 Å². The molecular weight excluding hydrogens is 278 g/mol. The maximum absolute atomic E-state index is 12.4. The highest BCUT2D eigenvalue weighted by molar-refractivity contribution is 5.79. The SMILES string of the molecule is CC(C)(C)CN(CCCO)CC(=O)NC1(C#N)CCCCC1. The van der Waals surface area contributed by atoms with E-state index in [4.69, 9.17) is 5.11 Å². The number of amides is 1. The Bertz CT molecular complexity index is 390. The van der Waals surface area contributed by atoms with Crippen LogP contribution in [0.4, 0.5) is 0 Å². The number of aliphatic hydroxyl groups excluding tert-OH is 1. The zero-order chi connectivity index (χ0) is 16.6. The molecule has 0 bridgehead atoms. The van der Waals surface area contributed by atoms with Crippen LogP contribution in [0.15, 0.2) is 0 Å². The number of nitrogens with zero attached hydrogens (tertiary/aromatic N) is 2. The monoisotopic (exact) mass is 309 g/mol. The van der Waals surface area contributed by atoms with Gasteiger partial charge in [-0.15, -0.1) is 0 Å². The van der Waals surface area contributed by atoms with Crippen LogP contribution in [0.3, 0.4) is 0 Å². The van der Waals surface area contributed by atoms with Crippen LogP contribution >= 0.6 is 0 Å². The van der Waals surface area contributed by atoms with E-state index in [9.17, 15) is 10.1 Å². The van der Waals surface area contributed by atoms with E-state index in [1.807, 2.05) is 0 Å². The number of hydrogen-bond acceptors (Lipinski definition) is 4. The van der Waals surface area contributed by atoms with E-state index in [0.717, 1.165) is 38.6 Å². The minimum absolute atomic E-state index is 0.0781. The van der Waals surface area contributed by atoms with Crippen LogP contribution < -0.4 is 5.32 Å². The number of carbonyl (C=O) groups excluding carboxylic acids is 1. The third-order valence-electron chi connectivity index (χ3n) is 4.00. The lowest BCUT2D eigenvalue weighted by atomic mass is 9.83. The van der Waals surface area contributed by atoms with E-state index in [-0.39, 0.29) is 17.9 Å². The summed E-state index contributed by atoms with van der Waals surface area (Å²) in [5.41, 5.74) is -0.576. The first kappa shape index (κ1) is 18.9. The van der Waals surface area contributed by atoms with Crippen LogP contribution in [0.2, 0.25) is 0 Å². The minimum atomic E-state index is -0.667. The molecule has 5 nitrogen and oxygen atoms in total. The third kappa shape index (κ3) is 6.76. The van der Waals surface area contributed by atoms with Gasteiger partial charge in [0.25, 0.3) is 0 Å². The zero-order valence-electron chi connectivity index (χ0n) is 14.3. The van der Waals surface area contributed by atoms with Crippen molar-refractivity contribution in [3.05, 3.63) is 0 Å². The molecule has 0 unspecified atom stereocenters. The van der Waals surface area contributed by atoms with Crippen LogP contribution in [-0.2, 0) is 4.79 Å². The summed E-state index contributed by atoms with van der Waals surface area (Å²) in [5.74, 6) is -0.0781. The van der Waals surface area contributed by atoms with E-state index in [2.05, 4.69) is 37.1 Å². The summed E-state index contributed by atoms with van der Waals surface area (Å²) in [7, 11) is 0. The molecule has 0 atom stereocenters. The molecule has 1 aliphatic rings. The summed E-state index contributed by atoms with van der Waals surface area (Å²) < 4.78 is 0. The Morgan fingerprint density at radius 3 is 2.45 bits per heavy atom. The van der Waals surface area contributed by atoms with Crippen LogP contribution in [0.1, 0.15) is 59.3 Å². The standard InChI is InChI=1S/C17H31N3O2/c1-16(2,3)14-20(10-7-11-21)12-15(22)19-17(13-18)8-5-4-6-9-17/h21H,4-12,14H2,1-3H3,(H,19,22). The summed E-state index contributed by atoms with van der Waals surface area (Å²) in [6, 6.07) is 2.32. The zero-order valence-corrected chi connectivity index (χ0v) is 14.3. The molecule has 1 rings (SSSR count). The van der Waals surface area contributed by atoms with Gasteiger partial charge in [-0.05, 0) is 24.7 Å². The van der Waals surface area contributed by atoms with Gasteiger partial charge in [-0.2, -0.15) is 5.26 Å². The molecule has 0 aromatic carbocycles. The third-order valence-corrected chi connectivity index (χ3v) is 4.00. The predicted molar refractivity (Wildman–Crippen MR) is 87.2 cm³/mol. The molecule has 0 aromatic heterocycles. The van der Waals surface area contributed by atoms with Gasteiger partial charge in [0.15, 0.2) is 0 Å². The van der Waals surface area contributed by atoms with Crippen molar-refractivity contribution in [2.45, 2.75) is 64.8 Å². The molecular formula is C17H31N3O2. The number of nitrogens with one attached hydrogen (secondary N) is 1. The van der Waals surface area contributed by atoms with Gasteiger partial charge in [-0.3, -0.25) is 9.69 Å². The fourth-order valence-electron chi connectivity index (χ4n) is 3.11. The van der Waals surface area contributed by atoms with Crippen LogP contribution in [0.5, 0.6) is 0 Å². The fraction of sp³-hybridized carbons (Fsp3) is 0.882. The molecule has 0 aliphatic heterocycles. The first-order valence-corrected chi connectivity index (χ1v) is 8.36. The molecule has 22 heavy (non-hydrogen) atoms. The van der Waals surface area contributed by atoms with Gasteiger partial charge in [0.2, 0.25) is 5.91 Å². The molecule has 1 saturated carbocycles. The normalized spacial score (nSPS) is 18.0. The van der Waals surface area contributed by atoms with Gasteiger partial charge in [0.05, 0.1) is 12.6 Å². The van der Waals surface area contributed by atoms with Crippen molar-refractivity contribution >= 4 is 5.91 Å². The number of rotatable bonds is 7. The molecule has 126 valence electrons. The molecule has 0 radical (unpaired) electrons. The quantitative estimate of drug-likeness (QED) is 0.755. The lowest BCUT2D eigenvalue weighted by Crippen LogP contribution is -2.52. The van der Waals surface area contributed by atoms with Crippen LogP contribution in [0.25, 0.3) is 0 Å². The van der Waals surface area contributed by atoms with E-state index < -0.39 is 5.54 Å². The fourth-order valence-corrected chi connectivity index (χ4v) is 3.11. The smallest absolute Gasteiger partial charge is 0.235 e. The molecule has 2 N–H and O–H groups in total. The number of nitriles is 1. The van der Waals surface area contributed by atoms with Gasteiger partial charge in [-0.25, -0.2) is 0 Å². The predicted octanol–water partition coefficient (Wildman–Crippen LogP) is 2.06. The summed E-state index contributed by atoms with van der Waals surface area (Å²) in [5, 5.41) is 21.4. The molecule has 1 amide bonds. The van der Waals surface area contributed by atoms with Crippen molar-refractivity contribution in [1.82, 2.24) is 10.2 Å². The number of carbonyl (C=O) groups is 1. The van der Waals surface area contributed by atoms with Gasteiger partial charge in [-0.1, -0.05) is 40.0 Å². The van der Waals surface area contributed by atoms with E-state index >= 15 is 0 Å². The summed E-state index contributed by atoms with van der Waals surface area (Å²) >= 11 is 0. The van der Waals surface area contributed by atoms with E-state index in [1.165, 1.54) is 0 Å². The average Bonchev–Trinajstić information content (AvgIpc) is 2.44. The lowest BCUT2D eigenvalue weighted by Gasteiger charge is -2.34. The Morgan fingerprint density at radius 2 is 1.95 bits per heavy atom. The second kappa shape index (κ2) is 8.50. The highest BCUT2D eigenvalue weighted by Gasteiger charge is 2.34. The van der Waals surface area contributed by atoms with Crippen molar-refractivity contribution in [1.29, 1.82) is 5.26 Å². The van der Waals surface area contributed by atoms with E-state index in [1.54, 1.807) is 0 Å². The highest BCUT2D eigenvalue weighted by Crippen LogP contribution is 2.27. The topological polar surface area (TPSA) is 76.4 Å². The molecule has 0 heterocycles. The van der Waals surface area contributed by atoms with Gasteiger partial charge in [0.1, 0.15) is 5.54 Å².